The zero-order chi connectivity index (χ0) is 11.8. The van der Waals surface area contributed by atoms with Crippen molar-refractivity contribution in [2.45, 2.75) is 25.0 Å². The Labute approximate surface area is 99.8 Å². The van der Waals surface area contributed by atoms with Gasteiger partial charge in [0.2, 0.25) is 9.05 Å². The highest BCUT2D eigenvalue weighted by Gasteiger charge is 2.21. The molecule has 0 bridgehead atoms. The molecular formula is C11H13ClO3S. The van der Waals surface area contributed by atoms with Crippen molar-refractivity contribution >= 4 is 19.7 Å². The van der Waals surface area contributed by atoms with Crippen LogP contribution < -0.4 is 4.74 Å². The van der Waals surface area contributed by atoms with E-state index in [0.29, 0.717) is 5.75 Å². The van der Waals surface area contributed by atoms with E-state index in [4.69, 9.17) is 15.4 Å². The van der Waals surface area contributed by atoms with Crippen LogP contribution in [0.15, 0.2) is 12.1 Å². The Balaban J connectivity index is 2.52. The predicted octanol–water partition coefficient (Wildman–Crippen LogP) is 2.25. The molecule has 0 aliphatic heterocycles. The van der Waals surface area contributed by atoms with Gasteiger partial charge in [-0.1, -0.05) is 6.07 Å². The summed E-state index contributed by atoms with van der Waals surface area (Å²) in [6, 6.07) is 3.83. The van der Waals surface area contributed by atoms with Crippen molar-refractivity contribution in [1.82, 2.24) is 0 Å². The monoisotopic (exact) mass is 260 g/mol. The Kier molecular flexibility index (Phi) is 3.13. The average Bonchev–Trinajstić information content (AvgIpc) is 2.64. The zero-order valence-corrected chi connectivity index (χ0v) is 10.6. The van der Waals surface area contributed by atoms with Crippen molar-refractivity contribution in [1.29, 1.82) is 0 Å². The molecular weight excluding hydrogens is 248 g/mol. The van der Waals surface area contributed by atoms with Gasteiger partial charge in [0.05, 0.1) is 12.9 Å². The maximum Gasteiger partial charge on any atom is 0.236 e. The molecule has 0 saturated carbocycles. The fourth-order valence-electron chi connectivity index (χ4n) is 2.24. The topological polar surface area (TPSA) is 43.4 Å². The number of aryl methyl sites for hydroxylation is 1. The predicted molar refractivity (Wildman–Crippen MR) is 63.5 cm³/mol. The maximum absolute atomic E-state index is 11.2. The number of fused-ring (bicyclic) bond motifs is 1. The summed E-state index contributed by atoms with van der Waals surface area (Å²) in [5.41, 5.74) is 3.05. The highest BCUT2D eigenvalue weighted by atomic mass is 35.7. The molecule has 1 aliphatic rings. The molecule has 1 aromatic carbocycles. The molecule has 0 fully saturated rings. The third-order valence-corrected chi connectivity index (χ3v) is 3.86. The SMILES string of the molecule is COc1ccc2c(c1CS(=O)(=O)Cl)CCC2. The second-order valence-electron chi connectivity index (χ2n) is 3.92. The molecule has 16 heavy (non-hydrogen) atoms. The van der Waals surface area contributed by atoms with Crippen LogP contribution in [0.25, 0.3) is 0 Å². The third kappa shape index (κ3) is 2.33. The number of methoxy groups -OCH3 is 1. The molecule has 1 aliphatic carbocycles. The number of hydrogen-bond acceptors (Lipinski definition) is 3. The van der Waals surface area contributed by atoms with E-state index in [-0.39, 0.29) is 5.75 Å². The Morgan fingerprint density at radius 3 is 2.75 bits per heavy atom. The molecule has 0 heterocycles. The van der Waals surface area contributed by atoms with E-state index in [1.807, 2.05) is 12.1 Å². The van der Waals surface area contributed by atoms with Crippen molar-refractivity contribution in [3.8, 4) is 5.75 Å². The lowest BCUT2D eigenvalue weighted by atomic mass is 10.0. The Bertz CT molecular complexity index is 508. The molecule has 0 N–H and O–H groups in total. The van der Waals surface area contributed by atoms with Crippen LogP contribution >= 0.6 is 10.7 Å². The number of rotatable bonds is 3. The molecule has 2 rings (SSSR count). The van der Waals surface area contributed by atoms with Crippen LogP contribution in [0.4, 0.5) is 0 Å². The first-order valence-corrected chi connectivity index (χ1v) is 7.59. The second kappa shape index (κ2) is 4.26. The maximum atomic E-state index is 11.2. The van der Waals surface area contributed by atoms with Crippen molar-refractivity contribution in [2.75, 3.05) is 7.11 Å². The number of hydrogen-bond donors (Lipinski definition) is 0. The minimum Gasteiger partial charge on any atom is -0.496 e. The van der Waals surface area contributed by atoms with Gasteiger partial charge < -0.3 is 4.74 Å². The highest BCUT2D eigenvalue weighted by Crippen LogP contribution is 2.33. The summed E-state index contributed by atoms with van der Waals surface area (Å²) in [5.74, 6) is 0.464. The number of ether oxygens (including phenoxy) is 1. The van der Waals surface area contributed by atoms with Gasteiger partial charge in [-0.3, -0.25) is 0 Å². The lowest BCUT2D eigenvalue weighted by Crippen LogP contribution is -2.03. The summed E-state index contributed by atoms with van der Waals surface area (Å²) in [6.07, 6.45) is 2.99. The minimum absolute atomic E-state index is 0.152. The third-order valence-electron chi connectivity index (χ3n) is 2.89. The Hall–Kier alpha value is -0.740. The smallest absolute Gasteiger partial charge is 0.236 e. The Morgan fingerprint density at radius 2 is 2.12 bits per heavy atom. The van der Waals surface area contributed by atoms with Crippen LogP contribution in [-0.4, -0.2) is 15.5 Å². The molecule has 0 spiro atoms. The van der Waals surface area contributed by atoms with Crippen LogP contribution in [0.1, 0.15) is 23.1 Å². The van der Waals surface area contributed by atoms with Gasteiger partial charge in [0.1, 0.15) is 5.75 Å². The van der Waals surface area contributed by atoms with Gasteiger partial charge in [-0.2, -0.15) is 0 Å². The molecule has 88 valence electrons. The molecule has 3 nitrogen and oxygen atoms in total. The van der Waals surface area contributed by atoms with E-state index >= 15 is 0 Å². The summed E-state index contributed by atoms with van der Waals surface area (Å²) >= 11 is 0. The normalized spacial score (nSPS) is 14.9. The standard InChI is InChI=1S/C11H13ClO3S/c1-15-11-6-5-8-3-2-4-9(8)10(11)7-16(12,13)14/h5-6H,2-4,7H2,1H3. The molecule has 0 unspecified atom stereocenters. The van der Waals surface area contributed by atoms with Gasteiger partial charge in [0.15, 0.2) is 0 Å². The first kappa shape index (κ1) is 11.7. The van der Waals surface area contributed by atoms with Crippen molar-refractivity contribution in [3.63, 3.8) is 0 Å². The fourth-order valence-corrected chi connectivity index (χ4v) is 3.23. The van der Waals surface area contributed by atoms with E-state index in [2.05, 4.69) is 0 Å². The summed E-state index contributed by atoms with van der Waals surface area (Å²) in [7, 11) is 3.32. The van der Waals surface area contributed by atoms with E-state index in [1.54, 1.807) is 7.11 Å². The summed E-state index contributed by atoms with van der Waals surface area (Å²) in [6.45, 7) is 0. The van der Waals surface area contributed by atoms with E-state index < -0.39 is 9.05 Å². The molecule has 0 amide bonds. The summed E-state index contributed by atoms with van der Waals surface area (Å²) in [4.78, 5) is 0. The number of halogens is 1. The van der Waals surface area contributed by atoms with Crippen LogP contribution in [-0.2, 0) is 27.6 Å². The van der Waals surface area contributed by atoms with Crippen LogP contribution in [0, 0.1) is 0 Å². The molecule has 1 aromatic rings. The van der Waals surface area contributed by atoms with Gasteiger partial charge in [-0.05, 0) is 36.5 Å². The average molecular weight is 261 g/mol. The molecule has 0 saturated heterocycles. The number of benzene rings is 1. The largest absolute Gasteiger partial charge is 0.496 e. The lowest BCUT2D eigenvalue weighted by Gasteiger charge is -2.12. The quantitative estimate of drug-likeness (QED) is 0.783. The van der Waals surface area contributed by atoms with Gasteiger partial charge >= 0.3 is 0 Å². The highest BCUT2D eigenvalue weighted by molar-refractivity contribution is 8.13. The van der Waals surface area contributed by atoms with Crippen LogP contribution in [0.2, 0.25) is 0 Å². The van der Waals surface area contributed by atoms with Gasteiger partial charge in [0.25, 0.3) is 0 Å². The van der Waals surface area contributed by atoms with E-state index in [9.17, 15) is 8.42 Å². The molecule has 5 heteroatoms. The Morgan fingerprint density at radius 1 is 1.38 bits per heavy atom. The fraction of sp³-hybridized carbons (Fsp3) is 0.455. The lowest BCUT2D eigenvalue weighted by molar-refractivity contribution is 0.410. The first-order valence-electron chi connectivity index (χ1n) is 5.11. The summed E-state index contributed by atoms with van der Waals surface area (Å²) < 4.78 is 27.6. The van der Waals surface area contributed by atoms with Crippen LogP contribution in [0.5, 0.6) is 5.75 Å². The van der Waals surface area contributed by atoms with Gasteiger partial charge in [0, 0.05) is 16.2 Å². The first-order chi connectivity index (χ1) is 7.51. The van der Waals surface area contributed by atoms with Crippen molar-refractivity contribution in [2.24, 2.45) is 0 Å². The van der Waals surface area contributed by atoms with E-state index in [1.165, 1.54) is 5.56 Å². The molecule has 0 aromatic heterocycles. The van der Waals surface area contributed by atoms with Gasteiger partial charge in [-0.15, -0.1) is 0 Å². The molecule has 0 radical (unpaired) electrons. The van der Waals surface area contributed by atoms with E-state index in [0.717, 1.165) is 30.4 Å². The van der Waals surface area contributed by atoms with Crippen LogP contribution in [0.3, 0.4) is 0 Å². The zero-order valence-electron chi connectivity index (χ0n) is 8.99. The second-order valence-corrected chi connectivity index (χ2v) is 6.70. The molecule has 0 atom stereocenters. The van der Waals surface area contributed by atoms with Crippen molar-refractivity contribution in [3.05, 3.63) is 28.8 Å². The van der Waals surface area contributed by atoms with Crippen molar-refractivity contribution < 1.29 is 13.2 Å². The minimum atomic E-state index is -3.54. The van der Waals surface area contributed by atoms with Gasteiger partial charge in [-0.25, -0.2) is 8.42 Å². The summed E-state index contributed by atoms with van der Waals surface area (Å²) in [5, 5.41) is 0.